The first kappa shape index (κ1) is 13.1. The van der Waals surface area contributed by atoms with Gasteiger partial charge in [0.2, 0.25) is 0 Å². The van der Waals surface area contributed by atoms with Crippen LogP contribution in [0.1, 0.15) is 31.7 Å². The number of nitrogen functional groups attached to an aromatic ring is 1. The van der Waals surface area contributed by atoms with Crippen molar-refractivity contribution in [3.63, 3.8) is 0 Å². The SMILES string of the molecule is CCCc1c(N)ncnc1N1CCC(CO)CC1. The maximum Gasteiger partial charge on any atom is 0.137 e. The zero-order valence-electron chi connectivity index (χ0n) is 11.0. The van der Waals surface area contributed by atoms with Crippen LogP contribution in [0.15, 0.2) is 6.33 Å². The number of nitrogens with zero attached hydrogens (tertiary/aromatic N) is 3. The monoisotopic (exact) mass is 250 g/mol. The van der Waals surface area contributed by atoms with Crippen LogP contribution in [0.3, 0.4) is 0 Å². The van der Waals surface area contributed by atoms with Crippen molar-refractivity contribution in [2.75, 3.05) is 30.3 Å². The molecule has 0 amide bonds. The lowest BCUT2D eigenvalue weighted by molar-refractivity contribution is 0.202. The summed E-state index contributed by atoms with van der Waals surface area (Å²) in [6.07, 6.45) is 5.54. The quantitative estimate of drug-likeness (QED) is 0.840. The van der Waals surface area contributed by atoms with E-state index in [1.54, 1.807) is 6.33 Å². The molecule has 0 spiro atoms. The Bertz CT molecular complexity index is 389. The molecule has 100 valence electrons. The number of aliphatic hydroxyl groups excluding tert-OH is 1. The Kier molecular flexibility index (Phi) is 4.36. The third-order valence-electron chi connectivity index (χ3n) is 3.63. The van der Waals surface area contributed by atoms with Crippen LogP contribution in [-0.4, -0.2) is 34.8 Å². The van der Waals surface area contributed by atoms with Gasteiger partial charge in [-0.15, -0.1) is 0 Å². The van der Waals surface area contributed by atoms with Crippen molar-refractivity contribution in [3.8, 4) is 0 Å². The van der Waals surface area contributed by atoms with Crippen LogP contribution < -0.4 is 10.6 Å². The minimum atomic E-state index is 0.293. The number of nitrogens with two attached hydrogens (primary N) is 1. The molecule has 5 heteroatoms. The highest BCUT2D eigenvalue weighted by Gasteiger charge is 2.22. The van der Waals surface area contributed by atoms with Crippen LogP contribution in [0, 0.1) is 5.92 Å². The van der Waals surface area contributed by atoms with Crippen LogP contribution in [0.25, 0.3) is 0 Å². The van der Waals surface area contributed by atoms with Crippen molar-refractivity contribution in [3.05, 3.63) is 11.9 Å². The van der Waals surface area contributed by atoms with E-state index >= 15 is 0 Å². The lowest BCUT2D eigenvalue weighted by atomic mass is 9.97. The van der Waals surface area contributed by atoms with Crippen molar-refractivity contribution in [1.29, 1.82) is 0 Å². The molecule has 2 rings (SSSR count). The van der Waals surface area contributed by atoms with Gasteiger partial charge in [0.05, 0.1) is 0 Å². The standard InChI is InChI=1S/C13H22N4O/c1-2-3-11-12(14)15-9-16-13(11)17-6-4-10(8-18)5-7-17/h9-10,18H,2-8H2,1H3,(H2,14,15,16). The van der Waals surface area contributed by atoms with E-state index in [9.17, 15) is 0 Å². The third-order valence-corrected chi connectivity index (χ3v) is 3.63. The van der Waals surface area contributed by atoms with Gasteiger partial charge in [-0.25, -0.2) is 9.97 Å². The van der Waals surface area contributed by atoms with Gasteiger partial charge in [-0.05, 0) is 25.2 Å². The van der Waals surface area contributed by atoms with Crippen molar-refractivity contribution < 1.29 is 5.11 Å². The molecule has 1 fully saturated rings. The van der Waals surface area contributed by atoms with Crippen LogP contribution in [0.2, 0.25) is 0 Å². The fourth-order valence-electron chi connectivity index (χ4n) is 2.51. The molecule has 1 aliphatic rings. The number of hydrogen-bond donors (Lipinski definition) is 2. The minimum Gasteiger partial charge on any atom is -0.396 e. The Morgan fingerprint density at radius 3 is 2.72 bits per heavy atom. The van der Waals surface area contributed by atoms with E-state index in [0.29, 0.717) is 18.3 Å². The fraction of sp³-hybridized carbons (Fsp3) is 0.692. The Morgan fingerprint density at radius 1 is 1.39 bits per heavy atom. The summed E-state index contributed by atoms with van der Waals surface area (Å²) in [4.78, 5) is 10.8. The van der Waals surface area contributed by atoms with E-state index in [-0.39, 0.29) is 0 Å². The third kappa shape index (κ3) is 2.72. The van der Waals surface area contributed by atoms with Crippen LogP contribution >= 0.6 is 0 Å². The molecule has 1 aromatic heterocycles. The Morgan fingerprint density at radius 2 is 2.11 bits per heavy atom. The zero-order valence-corrected chi connectivity index (χ0v) is 11.0. The second-order valence-corrected chi connectivity index (χ2v) is 4.92. The highest BCUT2D eigenvalue weighted by atomic mass is 16.3. The second-order valence-electron chi connectivity index (χ2n) is 4.92. The van der Waals surface area contributed by atoms with Gasteiger partial charge in [0.1, 0.15) is 18.0 Å². The molecular formula is C13H22N4O. The molecule has 0 aromatic carbocycles. The summed E-state index contributed by atoms with van der Waals surface area (Å²) in [6.45, 7) is 4.31. The second kappa shape index (κ2) is 6.00. The molecular weight excluding hydrogens is 228 g/mol. The lowest BCUT2D eigenvalue weighted by Crippen LogP contribution is -2.36. The molecule has 0 bridgehead atoms. The first-order valence-electron chi connectivity index (χ1n) is 6.71. The first-order valence-corrected chi connectivity index (χ1v) is 6.71. The molecule has 0 unspecified atom stereocenters. The van der Waals surface area contributed by atoms with Crippen molar-refractivity contribution in [1.82, 2.24) is 9.97 Å². The number of rotatable bonds is 4. The molecule has 5 nitrogen and oxygen atoms in total. The largest absolute Gasteiger partial charge is 0.396 e. The summed E-state index contributed by atoms with van der Waals surface area (Å²) in [5.74, 6) is 2.03. The van der Waals surface area contributed by atoms with Gasteiger partial charge in [0, 0.05) is 25.3 Å². The van der Waals surface area contributed by atoms with E-state index in [4.69, 9.17) is 10.8 Å². The Labute approximate surface area is 108 Å². The summed E-state index contributed by atoms with van der Waals surface area (Å²) in [5, 5.41) is 9.17. The smallest absolute Gasteiger partial charge is 0.137 e. The minimum absolute atomic E-state index is 0.293. The highest BCUT2D eigenvalue weighted by Crippen LogP contribution is 2.27. The van der Waals surface area contributed by atoms with Gasteiger partial charge in [-0.2, -0.15) is 0 Å². The van der Waals surface area contributed by atoms with E-state index < -0.39 is 0 Å². The average Bonchev–Trinajstić information content (AvgIpc) is 2.41. The molecule has 18 heavy (non-hydrogen) atoms. The fourth-order valence-corrected chi connectivity index (χ4v) is 2.51. The van der Waals surface area contributed by atoms with E-state index in [0.717, 1.165) is 50.2 Å². The number of anilines is 2. The van der Waals surface area contributed by atoms with Crippen LogP contribution in [-0.2, 0) is 6.42 Å². The lowest BCUT2D eigenvalue weighted by Gasteiger charge is -2.33. The van der Waals surface area contributed by atoms with Gasteiger partial charge in [-0.3, -0.25) is 0 Å². The molecule has 3 N–H and O–H groups in total. The zero-order chi connectivity index (χ0) is 13.0. The number of hydrogen-bond acceptors (Lipinski definition) is 5. The predicted octanol–water partition coefficient (Wildman–Crippen LogP) is 1.22. The number of aliphatic hydroxyl groups is 1. The average molecular weight is 250 g/mol. The summed E-state index contributed by atoms with van der Waals surface area (Å²) >= 11 is 0. The van der Waals surface area contributed by atoms with Crippen LogP contribution in [0.5, 0.6) is 0 Å². The van der Waals surface area contributed by atoms with Crippen molar-refractivity contribution in [2.24, 2.45) is 5.92 Å². The first-order chi connectivity index (χ1) is 8.76. The van der Waals surface area contributed by atoms with Gasteiger partial charge in [-0.1, -0.05) is 13.3 Å². The molecule has 1 aromatic rings. The maximum atomic E-state index is 9.17. The highest BCUT2D eigenvalue weighted by molar-refractivity contribution is 5.56. The van der Waals surface area contributed by atoms with E-state index in [1.165, 1.54) is 0 Å². The van der Waals surface area contributed by atoms with E-state index in [1.807, 2.05) is 0 Å². The Hall–Kier alpha value is -1.36. The van der Waals surface area contributed by atoms with Crippen LogP contribution in [0.4, 0.5) is 11.6 Å². The molecule has 0 radical (unpaired) electrons. The normalized spacial score (nSPS) is 17.1. The predicted molar refractivity (Wildman–Crippen MR) is 72.5 cm³/mol. The molecule has 2 heterocycles. The van der Waals surface area contributed by atoms with Gasteiger partial charge >= 0.3 is 0 Å². The van der Waals surface area contributed by atoms with Crippen molar-refractivity contribution in [2.45, 2.75) is 32.6 Å². The van der Waals surface area contributed by atoms with Gasteiger partial charge < -0.3 is 15.7 Å². The number of aromatic nitrogens is 2. The topological polar surface area (TPSA) is 75.3 Å². The summed E-state index contributed by atoms with van der Waals surface area (Å²) in [6, 6.07) is 0. The maximum absolute atomic E-state index is 9.17. The summed E-state index contributed by atoms with van der Waals surface area (Å²) in [7, 11) is 0. The molecule has 0 aliphatic carbocycles. The van der Waals surface area contributed by atoms with Crippen molar-refractivity contribution >= 4 is 11.6 Å². The summed E-state index contributed by atoms with van der Waals surface area (Å²) < 4.78 is 0. The number of piperidine rings is 1. The van der Waals surface area contributed by atoms with E-state index in [2.05, 4.69) is 21.8 Å². The summed E-state index contributed by atoms with van der Waals surface area (Å²) in [5.41, 5.74) is 7.02. The van der Waals surface area contributed by atoms with Gasteiger partial charge in [0.25, 0.3) is 0 Å². The molecule has 1 saturated heterocycles. The van der Waals surface area contributed by atoms with Gasteiger partial charge in [0.15, 0.2) is 0 Å². The molecule has 0 saturated carbocycles. The molecule has 1 aliphatic heterocycles. The molecule has 0 atom stereocenters. The Balaban J connectivity index is 2.15.